The lowest BCUT2D eigenvalue weighted by Gasteiger charge is -2.29. The topological polar surface area (TPSA) is 80.9 Å². The van der Waals surface area contributed by atoms with Crippen molar-refractivity contribution < 1.29 is 0 Å². The number of nitrogens with one attached hydrogen (secondary N) is 1. The van der Waals surface area contributed by atoms with Gasteiger partial charge in [0, 0.05) is 12.1 Å². The van der Waals surface area contributed by atoms with Gasteiger partial charge in [0.1, 0.15) is 5.82 Å². The summed E-state index contributed by atoms with van der Waals surface area (Å²) in [7, 11) is 0. The molecule has 3 N–H and O–H groups in total. The quantitative estimate of drug-likeness (QED) is 0.812. The smallest absolute Gasteiger partial charge is 0.330 e. The number of nitrogens with zero attached hydrogens (tertiary/aromatic N) is 1. The van der Waals surface area contributed by atoms with Crippen molar-refractivity contribution >= 4 is 5.82 Å². The molecule has 1 fully saturated rings. The highest BCUT2D eigenvalue weighted by atomic mass is 16.2. The molecule has 5 nitrogen and oxygen atoms in total. The van der Waals surface area contributed by atoms with Gasteiger partial charge in [0.25, 0.3) is 5.56 Å². The van der Waals surface area contributed by atoms with E-state index >= 15 is 0 Å². The largest absolute Gasteiger partial charge is 0.385 e. The van der Waals surface area contributed by atoms with Crippen LogP contribution in [0.5, 0.6) is 0 Å². The van der Waals surface area contributed by atoms with Gasteiger partial charge >= 0.3 is 5.69 Å². The fourth-order valence-corrected chi connectivity index (χ4v) is 2.71. The van der Waals surface area contributed by atoms with Crippen LogP contribution in [0.25, 0.3) is 0 Å². The molecule has 94 valence electrons. The predicted molar refractivity (Wildman–Crippen MR) is 67.0 cm³/mol. The van der Waals surface area contributed by atoms with Gasteiger partial charge < -0.3 is 5.73 Å². The molecule has 1 heterocycles. The van der Waals surface area contributed by atoms with Crippen molar-refractivity contribution in [1.29, 1.82) is 0 Å². The van der Waals surface area contributed by atoms with E-state index in [2.05, 4.69) is 11.9 Å². The second kappa shape index (κ2) is 4.77. The molecule has 2 rings (SSSR count). The SMILES string of the molecule is CCC1CCC(n2c(N)cc(=O)[nH]c2=O)CC1. The monoisotopic (exact) mass is 237 g/mol. The molecule has 1 aliphatic rings. The van der Waals surface area contributed by atoms with Crippen LogP contribution in [-0.2, 0) is 0 Å². The number of aromatic nitrogens is 2. The molecule has 17 heavy (non-hydrogen) atoms. The minimum absolute atomic E-state index is 0.141. The van der Waals surface area contributed by atoms with Gasteiger partial charge in [-0.15, -0.1) is 0 Å². The highest BCUT2D eigenvalue weighted by Gasteiger charge is 2.23. The highest BCUT2D eigenvalue weighted by molar-refractivity contribution is 5.27. The van der Waals surface area contributed by atoms with E-state index in [4.69, 9.17) is 5.73 Å². The number of aromatic amines is 1. The first-order valence-electron chi connectivity index (χ1n) is 6.23. The summed E-state index contributed by atoms with van der Waals surface area (Å²) in [5, 5.41) is 0. The number of nitrogen functional groups attached to an aromatic ring is 1. The molecule has 0 bridgehead atoms. The molecule has 1 aromatic rings. The molecule has 0 aromatic carbocycles. The Kier molecular flexibility index (Phi) is 3.36. The molecular weight excluding hydrogens is 218 g/mol. The van der Waals surface area contributed by atoms with Gasteiger partial charge in [0.05, 0.1) is 0 Å². The molecule has 0 spiro atoms. The maximum absolute atomic E-state index is 11.7. The fourth-order valence-electron chi connectivity index (χ4n) is 2.71. The minimum atomic E-state index is -0.425. The zero-order valence-corrected chi connectivity index (χ0v) is 10.1. The summed E-state index contributed by atoms with van der Waals surface area (Å²) in [4.78, 5) is 25.1. The summed E-state index contributed by atoms with van der Waals surface area (Å²) in [5.41, 5.74) is 4.96. The van der Waals surface area contributed by atoms with E-state index in [1.807, 2.05) is 0 Å². The maximum atomic E-state index is 11.7. The zero-order chi connectivity index (χ0) is 12.4. The number of H-pyrrole nitrogens is 1. The Bertz CT molecular complexity index is 495. The third-order valence-electron chi connectivity index (χ3n) is 3.76. The molecule has 0 radical (unpaired) electrons. The van der Waals surface area contributed by atoms with Crippen LogP contribution in [-0.4, -0.2) is 9.55 Å². The standard InChI is InChI=1S/C12H19N3O2/c1-2-8-3-5-9(6-4-8)15-10(13)7-11(16)14-12(15)17/h7-9H,2-6,13H2,1H3,(H,14,16,17). The summed E-state index contributed by atoms with van der Waals surface area (Å²) in [5.74, 6) is 1.05. The van der Waals surface area contributed by atoms with E-state index in [0.29, 0.717) is 0 Å². The molecule has 1 aliphatic carbocycles. The summed E-state index contributed by atoms with van der Waals surface area (Å²) in [6.07, 6.45) is 5.39. The van der Waals surface area contributed by atoms with Gasteiger partial charge in [0.2, 0.25) is 0 Å². The second-order valence-corrected chi connectivity index (χ2v) is 4.82. The van der Waals surface area contributed by atoms with Crippen LogP contribution in [0.2, 0.25) is 0 Å². The Morgan fingerprint density at radius 2 is 2.00 bits per heavy atom. The average Bonchev–Trinajstić information content (AvgIpc) is 2.28. The highest BCUT2D eigenvalue weighted by Crippen LogP contribution is 2.33. The Balaban J connectivity index is 2.25. The van der Waals surface area contributed by atoms with Crippen molar-refractivity contribution in [2.45, 2.75) is 45.1 Å². The van der Waals surface area contributed by atoms with Gasteiger partial charge in [-0.3, -0.25) is 14.3 Å². The summed E-state index contributed by atoms with van der Waals surface area (Å²) in [6, 6.07) is 1.43. The zero-order valence-electron chi connectivity index (χ0n) is 10.1. The van der Waals surface area contributed by atoms with Crippen LogP contribution in [0.4, 0.5) is 5.82 Å². The van der Waals surface area contributed by atoms with E-state index in [9.17, 15) is 9.59 Å². The molecule has 0 unspecified atom stereocenters. The fraction of sp³-hybridized carbons (Fsp3) is 0.667. The summed E-state index contributed by atoms with van der Waals surface area (Å²) < 4.78 is 1.54. The van der Waals surface area contributed by atoms with Crippen LogP contribution < -0.4 is 17.0 Å². The van der Waals surface area contributed by atoms with Gasteiger partial charge in [-0.05, 0) is 31.6 Å². The van der Waals surface area contributed by atoms with Crippen molar-refractivity contribution in [2.75, 3.05) is 5.73 Å². The van der Waals surface area contributed by atoms with Crippen LogP contribution >= 0.6 is 0 Å². The first kappa shape index (κ1) is 12.0. The molecule has 5 heteroatoms. The summed E-state index contributed by atoms with van der Waals surface area (Å²) in [6.45, 7) is 2.20. The van der Waals surface area contributed by atoms with Gasteiger partial charge in [-0.1, -0.05) is 13.3 Å². The number of nitrogens with two attached hydrogens (primary N) is 1. The van der Waals surface area contributed by atoms with Crippen molar-refractivity contribution in [3.8, 4) is 0 Å². The molecule has 1 saturated carbocycles. The molecule has 0 amide bonds. The number of hydrogen-bond donors (Lipinski definition) is 2. The molecule has 0 saturated heterocycles. The molecule has 1 aromatic heterocycles. The van der Waals surface area contributed by atoms with Crippen molar-refractivity contribution in [1.82, 2.24) is 9.55 Å². The van der Waals surface area contributed by atoms with E-state index in [1.165, 1.54) is 17.1 Å². The molecule has 0 atom stereocenters. The summed E-state index contributed by atoms with van der Waals surface area (Å²) >= 11 is 0. The first-order valence-corrected chi connectivity index (χ1v) is 6.23. The maximum Gasteiger partial charge on any atom is 0.330 e. The second-order valence-electron chi connectivity index (χ2n) is 4.82. The molecule has 0 aliphatic heterocycles. The van der Waals surface area contributed by atoms with E-state index in [-0.39, 0.29) is 17.5 Å². The van der Waals surface area contributed by atoms with E-state index < -0.39 is 5.56 Å². The van der Waals surface area contributed by atoms with Gasteiger partial charge in [-0.25, -0.2) is 4.79 Å². The van der Waals surface area contributed by atoms with Crippen LogP contribution in [0.1, 0.15) is 45.1 Å². The molecular formula is C12H19N3O2. The van der Waals surface area contributed by atoms with Crippen LogP contribution in [0.15, 0.2) is 15.7 Å². The van der Waals surface area contributed by atoms with Crippen molar-refractivity contribution in [3.05, 3.63) is 26.9 Å². The van der Waals surface area contributed by atoms with E-state index in [0.717, 1.165) is 31.6 Å². The van der Waals surface area contributed by atoms with Crippen LogP contribution in [0, 0.1) is 5.92 Å². The first-order chi connectivity index (χ1) is 8.11. The minimum Gasteiger partial charge on any atom is -0.385 e. The lowest BCUT2D eigenvalue weighted by atomic mass is 9.84. The third kappa shape index (κ3) is 2.43. The lowest BCUT2D eigenvalue weighted by molar-refractivity contribution is 0.266. The van der Waals surface area contributed by atoms with Crippen molar-refractivity contribution in [2.24, 2.45) is 5.92 Å². The van der Waals surface area contributed by atoms with Gasteiger partial charge in [0.15, 0.2) is 0 Å². The average molecular weight is 237 g/mol. The van der Waals surface area contributed by atoms with E-state index in [1.54, 1.807) is 0 Å². The predicted octanol–water partition coefficient (Wildman–Crippen LogP) is 1.26. The third-order valence-corrected chi connectivity index (χ3v) is 3.76. The Labute approximate surface area is 99.7 Å². The lowest BCUT2D eigenvalue weighted by Crippen LogP contribution is -2.35. The van der Waals surface area contributed by atoms with Crippen LogP contribution in [0.3, 0.4) is 0 Å². The Morgan fingerprint density at radius 1 is 1.35 bits per heavy atom. The number of hydrogen-bond acceptors (Lipinski definition) is 3. The Morgan fingerprint density at radius 3 is 2.53 bits per heavy atom. The van der Waals surface area contributed by atoms with Crippen molar-refractivity contribution in [3.63, 3.8) is 0 Å². The number of rotatable bonds is 2. The normalized spacial score (nSPS) is 24.8. The Hall–Kier alpha value is -1.52. The number of anilines is 1. The van der Waals surface area contributed by atoms with Gasteiger partial charge in [-0.2, -0.15) is 0 Å².